The van der Waals surface area contributed by atoms with E-state index in [1.54, 1.807) is 12.6 Å². The third-order valence-electron chi connectivity index (χ3n) is 4.33. The fraction of sp³-hybridized carbons (Fsp3) is 0.529. The maximum Gasteiger partial charge on any atom is 0.134 e. The van der Waals surface area contributed by atoms with Crippen molar-refractivity contribution in [2.75, 3.05) is 23.4 Å². The summed E-state index contributed by atoms with van der Waals surface area (Å²) in [7, 11) is 0. The number of hydrogen-bond donors (Lipinski definition) is 2. The molecule has 0 spiro atoms. The maximum atomic E-state index is 9.46. The van der Waals surface area contributed by atoms with Crippen LogP contribution in [0.4, 0.5) is 11.6 Å². The van der Waals surface area contributed by atoms with Crippen molar-refractivity contribution in [2.45, 2.75) is 44.7 Å². The number of furan rings is 1. The van der Waals surface area contributed by atoms with Crippen LogP contribution in [0.3, 0.4) is 0 Å². The van der Waals surface area contributed by atoms with Crippen molar-refractivity contribution >= 4 is 11.6 Å². The van der Waals surface area contributed by atoms with Crippen LogP contribution < -0.4 is 10.2 Å². The summed E-state index contributed by atoms with van der Waals surface area (Å²) in [6.45, 7) is 3.25. The highest BCUT2D eigenvalue weighted by atomic mass is 16.3. The molecule has 1 saturated heterocycles. The molecule has 0 aromatic carbocycles. The molecule has 0 saturated carbocycles. The molecule has 0 unspecified atom stereocenters. The molecule has 124 valence electrons. The summed E-state index contributed by atoms with van der Waals surface area (Å²) < 4.78 is 5.36. The van der Waals surface area contributed by atoms with Crippen LogP contribution in [0.15, 0.2) is 35.2 Å². The van der Waals surface area contributed by atoms with Gasteiger partial charge in [0.1, 0.15) is 23.7 Å². The van der Waals surface area contributed by atoms with Crippen LogP contribution in [-0.2, 0) is 6.42 Å². The van der Waals surface area contributed by atoms with E-state index in [1.165, 1.54) is 0 Å². The van der Waals surface area contributed by atoms with E-state index >= 15 is 0 Å². The second-order valence-corrected chi connectivity index (χ2v) is 6.10. The van der Waals surface area contributed by atoms with Crippen LogP contribution in [0.25, 0.3) is 0 Å². The zero-order chi connectivity index (χ0) is 16.1. The topological polar surface area (TPSA) is 74.4 Å². The van der Waals surface area contributed by atoms with Crippen molar-refractivity contribution in [3.8, 4) is 0 Å². The third-order valence-corrected chi connectivity index (χ3v) is 4.33. The van der Waals surface area contributed by atoms with E-state index in [1.807, 2.05) is 18.2 Å². The Balaban J connectivity index is 1.58. The van der Waals surface area contributed by atoms with Gasteiger partial charge in [0.05, 0.1) is 18.9 Å². The highest BCUT2D eigenvalue weighted by Gasteiger charge is 2.25. The first-order valence-electron chi connectivity index (χ1n) is 8.24. The number of nitrogens with one attached hydrogen (secondary N) is 1. The number of rotatable bonds is 7. The van der Waals surface area contributed by atoms with Gasteiger partial charge in [-0.2, -0.15) is 0 Å². The molecule has 3 heterocycles. The second-order valence-electron chi connectivity index (χ2n) is 6.10. The highest BCUT2D eigenvalue weighted by Crippen LogP contribution is 2.24. The predicted octanol–water partition coefficient (Wildman–Crippen LogP) is 2.46. The van der Waals surface area contributed by atoms with E-state index in [0.717, 1.165) is 49.6 Å². The molecule has 0 aliphatic carbocycles. The van der Waals surface area contributed by atoms with Gasteiger partial charge in [0.25, 0.3) is 0 Å². The van der Waals surface area contributed by atoms with Gasteiger partial charge in [-0.15, -0.1) is 0 Å². The Morgan fingerprint density at radius 2 is 2.39 bits per heavy atom. The smallest absolute Gasteiger partial charge is 0.134 e. The average Bonchev–Trinajstić information content (AvgIpc) is 3.24. The van der Waals surface area contributed by atoms with Crippen LogP contribution in [0.2, 0.25) is 0 Å². The summed E-state index contributed by atoms with van der Waals surface area (Å²) in [5, 5.41) is 12.9. The average molecular weight is 316 g/mol. The fourth-order valence-electron chi connectivity index (χ4n) is 3.05. The van der Waals surface area contributed by atoms with E-state index in [2.05, 4.69) is 27.1 Å². The summed E-state index contributed by atoms with van der Waals surface area (Å²) in [4.78, 5) is 10.8. The lowest BCUT2D eigenvalue weighted by atomic mass is 10.1. The number of aryl methyl sites for hydroxylation is 1. The molecule has 2 aromatic rings. The van der Waals surface area contributed by atoms with Gasteiger partial charge in [-0.05, 0) is 38.3 Å². The van der Waals surface area contributed by atoms with Crippen molar-refractivity contribution in [3.63, 3.8) is 0 Å². The minimum atomic E-state index is 0.173. The summed E-state index contributed by atoms with van der Waals surface area (Å²) in [6.07, 6.45) is 7.27. The largest absolute Gasteiger partial charge is 0.469 e. The van der Waals surface area contributed by atoms with Crippen LogP contribution in [0.1, 0.15) is 31.9 Å². The molecule has 6 nitrogen and oxygen atoms in total. The zero-order valence-corrected chi connectivity index (χ0v) is 13.5. The molecule has 23 heavy (non-hydrogen) atoms. The lowest BCUT2D eigenvalue weighted by Crippen LogP contribution is -2.32. The van der Waals surface area contributed by atoms with E-state index in [0.29, 0.717) is 0 Å². The normalized spacial score (nSPS) is 19.0. The summed E-state index contributed by atoms with van der Waals surface area (Å²) in [5.41, 5.74) is 0. The Morgan fingerprint density at radius 1 is 1.48 bits per heavy atom. The number of aliphatic hydroxyl groups is 1. The van der Waals surface area contributed by atoms with Gasteiger partial charge < -0.3 is 19.7 Å². The zero-order valence-electron chi connectivity index (χ0n) is 13.5. The minimum Gasteiger partial charge on any atom is -0.469 e. The molecule has 3 rings (SSSR count). The number of nitrogens with zero attached hydrogens (tertiary/aromatic N) is 3. The molecule has 1 aliphatic heterocycles. The molecule has 0 bridgehead atoms. The van der Waals surface area contributed by atoms with Gasteiger partial charge in [-0.1, -0.05) is 0 Å². The molecular weight excluding hydrogens is 292 g/mol. The van der Waals surface area contributed by atoms with Crippen molar-refractivity contribution in [2.24, 2.45) is 0 Å². The Morgan fingerprint density at radius 3 is 3.17 bits per heavy atom. The number of anilines is 2. The lowest BCUT2D eigenvalue weighted by Gasteiger charge is -2.24. The molecule has 2 aromatic heterocycles. The van der Waals surface area contributed by atoms with Gasteiger partial charge >= 0.3 is 0 Å². The van der Waals surface area contributed by atoms with Gasteiger partial charge in [0.15, 0.2) is 0 Å². The van der Waals surface area contributed by atoms with Crippen LogP contribution >= 0.6 is 0 Å². The van der Waals surface area contributed by atoms with Crippen LogP contribution in [0, 0.1) is 0 Å². The fourth-order valence-corrected chi connectivity index (χ4v) is 3.05. The third kappa shape index (κ3) is 4.01. The predicted molar refractivity (Wildman–Crippen MR) is 89.6 cm³/mol. The molecule has 1 fully saturated rings. The Bertz CT molecular complexity index is 602. The molecule has 0 radical (unpaired) electrons. The maximum absolute atomic E-state index is 9.46. The first-order chi connectivity index (χ1) is 11.3. The number of aliphatic hydroxyl groups excluding tert-OH is 1. The van der Waals surface area contributed by atoms with Crippen LogP contribution in [-0.4, -0.2) is 40.3 Å². The van der Waals surface area contributed by atoms with Gasteiger partial charge in [0, 0.05) is 25.1 Å². The minimum absolute atomic E-state index is 0.173. The Kier molecular flexibility index (Phi) is 5.12. The summed E-state index contributed by atoms with van der Waals surface area (Å²) in [5.74, 6) is 2.72. The number of aromatic nitrogens is 2. The standard InChI is InChI=1S/C17H24N4O2/c1-13(6-7-15-5-3-9-23-15)20-16-10-17(19-12-18-16)21-8-2-4-14(21)11-22/h3,5,9-10,12-14,22H,2,4,6-8,11H2,1H3,(H,18,19,20)/t13-,14-/m0/s1. The van der Waals surface area contributed by atoms with E-state index in [4.69, 9.17) is 4.42 Å². The van der Waals surface area contributed by atoms with Crippen LogP contribution in [0.5, 0.6) is 0 Å². The molecule has 2 N–H and O–H groups in total. The SMILES string of the molecule is C[C@@H](CCc1ccco1)Nc1cc(N2CCC[C@H]2CO)ncn1. The molecule has 2 atom stereocenters. The first-order valence-corrected chi connectivity index (χ1v) is 8.24. The second kappa shape index (κ2) is 7.46. The molecule has 6 heteroatoms. The summed E-state index contributed by atoms with van der Waals surface area (Å²) >= 11 is 0. The molecule has 1 aliphatic rings. The van der Waals surface area contributed by atoms with E-state index < -0.39 is 0 Å². The Labute approximate surface area is 136 Å². The first kappa shape index (κ1) is 15.8. The van der Waals surface area contributed by atoms with Crippen molar-refractivity contribution in [1.29, 1.82) is 0 Å². The van der Waals surface area contributed by atoms with Crippen molar-refractivity contribution in [3.05, 3.63) is 36.5 Å². The van der Waals surface area contributed by atoms with Gasteiger partial charge in [-0.3, -0.25) is 0 Å². The van der Waals surface area contributed by atoms with Crippen molar-refractivity contribution in [1.82, 2.24) is 9.97 Å². The van der Waals surface area contributed by atoms with E-state index in [9.17, 15) is 5.11 Å². The molecule has 0 amide bonds. The summed E-state index contributed by atoms with van der Waals surface area (Å²) in [6, 6.07) is 6.34. The lowest BCUT2D eigenvalue weighted by molar-refractivity contribution is 0.266. The van der Waals surface area contributed by atoms with Gasteiger partial charge in [0.2, 0.25) is 0 Å². The Hall–Kier alpha value is -2.08. The number of hydrogen-bond acceptors (Lipinski definition) is 6. The highest BCUT2D eigenvalue weighted by molar-refractivity contribution is 5.50. The molecular formula is C17H24N4O2. The van der Waals surface area contributed by atoms with Gasteiger partial charge in [-0.25, -0.2) is 9.97 Å². The van der Waals surface area contributed by atoms with E-state index in [-0.39, 0.29) is 18.7 Å². The monoisotopic (exact) mass is 316 g/mol. The van der Waals surface area contributed by atoms with Crippen molar-refractivity contribution < 1.29 is 9.52 Å². The quantitative estimate of drug-likeness (QED) is 0.817.